The van der Waals surface area contributed by atoms with Crippen LogP contribution >= 0.6 is 0 Å². The summed E-state index contributed by atoms with van der Waals surface area (Å²) in [6, 6.07) is -4.26. The van der Waals surface area contributed by atoms with Crippen molar-refractivity contribution in [1.82, 2.24) is 0 Å². The monoisotopic (exact) mass is 554 g/mol. The Labute approximate surface area is 218 Å². The summed E-state index contributed by atoms with van der Waals surface area (Å²) in [6.07, 6.45) is -12.0. The van der Waals surface area contributed by atoms with E-state index in [9.17, 15) is 14.4 Å². The van der Waals surface area contributed by atoms with Crippen molar-refractivity contribution >= 4 is 17.9 Å². The highest BCUT2D eigenvalue weighted by Gasteiger charge is 2.54. The first-order valence-corrected chi connectivity index (χ1v) is 11.2. The molecular weight excluding hydrogens is 531 g/mol. The van der Waals surface area contributed by atoms with E-state index < -0.39 is 85.6 Å². The molecule has 2 aliphatic rings. The average molecular weight is 554 g/mol. The van der Waals surface area contributed by atoms with Gasteiger partial charge in [0.1, 0.15) is 24.4 Å². The van der Waals surface area contributed by atoms with Crippen LogP contribution in [-0.4, -0.2) is 85.6 Å². The first kappa shape index (κ1) is 30.7. The van der Waals surface area contributed by atoms with Crippen LogP contribution in [0.15, 0.2) is 20.5 Å². The van der Waals surface area contributed by atoms with Crippen LogP contribution in [0.5, 0.6) is 0 Å². The van der Waals surface area contributed by atoms with Gasteiger partial charge in [-0.05, 0) is 28.5 Å². The maximum absolute atomic E-state index is 15.6. The van der Waals surface area contributed by atoms with E-state index in [1.54, 1.807) is 0 Å². The number of carbonyl (C=O) groups is 3. The lowest BCUT2D eigenvalue weighted by atomic mass is 9.84. The average Bonchev–Trinajstić information content (AvgIpc) is 2.85. The van der Waals surface area contributed by atoms with Crippen molar-refractivity contribution in [2.45, 2.75) is 88.3 Å². The number of esters is 3. The normalized spacial score (nSPS) is 33.4. The van der Waals surface area contributed by atoms with E-state index in [4.69, 9.17) is 45.8 Å². The third kappa shape index (κ3) is 7.99. The molecule has 0 aromatic rings. The van der Waals surface area contributed by atoms with Gasteiger partial charge >= 0.3 is 17.9 Å². The molecule has 0 aromatic heterocycles. The van der Waals surface area contributed by atoms with E-state index >= 15 is 4.39 Å². The van der Waals surface area contributed by atoms with Crippen molar-refractivity contribution in [2.75, 3.05) is 6.54 Å². The summed E-state index contributed by atoms with van der Waals surface area (Å²) in [6.45, 7) is 2.51. The SMILES string of the molecule is CC(=O)O[C@@H]1[C@@H](CN=[N+]=[N-])O[C@H](O[C@@H]2C(N=[N+]=[N-])CC(N=[N+]=[N-])[C@H](OC(C)=O)[C@H]2OC(C)=O)C(N=[N+]=[N-])[C@@H]1F. The Hall–Kier alpha value is -4.50. The molecule has 3 unspecified atom stereocenters. The molecule has 0 aromatic carbocycles. The molecule has 10 atom stereocenters. The Kier molecular flexibility index (Phi) is 11.4. The van der Waals surface area contributed by atoms with E-state index in [0.717, 1.165) is 20.8 Å². The quantitative estimate of drug-likeness (QED) is 0.127. The molecule has 2 rings (SSSR count). The summed E-state index contributed by atoms with van der Waals surface area (Å²) in [5.41, 5.74) is 35.9. The zero-order valence-corrected chi connectivity index (χ0v) is 20.7. The number of rotatable bonds is 10. The summed E-state index contributed by atoms with van der Waals surface area (Å²) < 4.78 is 42.6. The summed E-state index contributed by atoms with van der Waals surface area (Å²) in [4.78, 5) is 45.9. The highest BCUT2D eigenvalue weighted by molar-refractivity contribution is 5.67. The summed E-state index contributed by atoms with van der Waals surface area (Å²) >= 11 is 0. The smallest absolute Gasteiger partial charge is 0.303 e. The molecule has 210 valence electrons. The van der Waals surface area contributed by atoms with Gasteiger partial charge in [-0.1, -0.05) is 20.5 Å². The number of hydrogen-bond donors (Lipinski definition) is 0. The molecule has 1 aliphatic heterocycles. The van der Waals surface area contributed by atoms with Gasteiger partial charge in [-0.25, -0.2) is 4.39 Å². The molecule has 2 fully saturated rings. The zero-order chi connectivity index (χ0) is 29.1. The first-order chi connectivity index (χ1) is 18.6. The Morgan fingerprint density at radius 3 is 1.82 bits per heavy atom. The van der Waals surface area contributed by atoms with Crippen LogP contribution in [0.4, 0.5) is 4.39 Å². The maximum atomic E-state index is 15.6. The third-order valence-corrected chi connectivity index (χ3v) is 5.59. The molecule has 0 amide bonds. The Balaban J connectivity index is 2.59. The van der Waals surface area contributed by atoms with Crippen LogP contribution in [-0.2, 0) is 38.1 Å². The fraction of sp³-hybridized carbons (Fsp3) is 0.833. The molecule has 1 saturated carbocycles. The molecule has 0 bridgehead atoms. The van der Waals surface area contributed by atoms with E-state index in [2.05, 4.69) is 40.1 Å². The number of ether oxygens (including phenoxy) is 5. The first-order valence-electron chi connectivity index (χ1n) is 11.2. The van der Waals surface area contributed by atoms with Gasteiger partial charge in [-0.15, -0.1) is 0 Å². The van der Waals surface area contributed by atoms with Gasteiger partial charge in [0.2, 0.25) is 0 Å². The van der Waals surface area contributed by atoms with E-state index in [1.165, 1.54) is 0 Å². The van der Waals surface area contributed by atoms with Crippen molar-refractivity contribution in [2.24, 2.45) is 20.5 Å². The molecule has 1 aliphatic carbocycles. The molecule has 0 spiro atoms. The second kappa shape index (κ2) is 14.4. The van der Waals surface area contributed by atoms with Crippen LogP contribution in [0.25, 0.3) is 41.8 Å². The van der Waals surface area contributed by atoms with Crippen LogP contribution in [0.3, 0.4) is 0 Å². The van der Waals surface area contributed by atoms with Crippen LogP contribution < -0.4 is 0 Å². The number of alkyl halides is 1. The second-order valence-corrected chi connectivity index (χ2v) is 8.20. The predicted molar refractivity (Wildman–Crippen MR) is 123 cm³/mol. The lowest BCUT2D eigenvalue weighted by Gasteiger charge is -2.46. The zero-order valence-electron chi connectivity index (χ0n) is 20.7. The standard InChI is InChI=1S/C18H23FN12O8/c1-6(32)35-14-9(25-29-21)4-10(26-30-22)15(17(14)37-8(3)34)39-18-13(27-31-23)12(19)16(36-7(2)33)11(38-18)5-24-28-20/h9-18H,4-5H2,1-3H3/t9?,10?,11-,12+,13?,14+,15-,16-,17-,18-/m1/s1. The van der Waals surface area contributed by atoms with Crippen LogP contribution in [0, 0.1) is 0 Å². The summed E-state index contributed by atoms with van der Waals surface area (Å²) in [5.74, 6) is -2.66. The summed E-state index contributed by atoms with van der Waals surface area (Å²) in [7, 11) is 0. The van der Waals surface area contributed by atoms with E-state index in [-0.39, 0.29) is 6.42 Å². The lowest BCUT2D eigenvalue weighted by molar-refractivity contribution is -0.284. The Morgan fingerprint density at radius 2 is 1.31 bits per heavy atom. The van der Waals surface area contributed by atoms with Gasteiger partial charge in [0, 0.05) is 40.4 Å². The third-order valence-electron chi connectivity index (χ3n) is 5.59. The molecule has 21 heteroatoms. The number of hydrogen-bond acceptors (Lipinski definition) is 12. The molecular formula is C18H23FN12O8. The van der Waals surface area contributed by atoms with E-state index in [0.29, 0.717) is 0 Å². The van der Waals surface area contributed by atoms with E-state index in [1.807, 2.05) is 0 Å². The van der Waals surface area contributed by atoms with Gasteiger partial charge in [0.25, 0.3) is 0 Å². The topological polar surface area (TPSA) is 292 Å². The van der Waals surface area contributed by atoms with Crippen molar-refractivity contribution in [3.05, 3.63) is 41.8 Å². The predicted octanol–water partition coefficient (Wildman–Crippen LogP) is 2.98. The second-order valence-electron chi connectivity index (χ2n) is 8.20. The summed E-state index contributed by atoms with van der Waals surface area (Å²) in [5, 5.41) is 13.8. The highest BCUT2D eigenvalue weighted by Crippen LogP contribution is 2.36. The molecule has 0 radical (unpaired) electrons. The number of azide groups is 4. The minimum absolute atomic E-state index is 0.273. The van der Waals surface area contributed by atoms with Crippen molar-refractivity contribution < 1.29 is 42.5 Å². The molecule has 0 N–H and O–H groups in total. The minimum Gasteiger partial charge on any atom is -0.458 e. The molecule has 1 heterocycles. The van der Waals surface area contributed by atoms with Gasteiger partial charge < -0.3 is 23.7 Å². The Bertz CT molecular complexity index is 1130. The van der Waals surface area contributed by atoms with Gasteiger partial charge in [0.15, 0.2) is 24.7 Å². The Morgan fingerprint density at radius 1 is 0.795 bits per heavy atom. The highest BCUT2D eigenvalue weighted by atomic mass is 19.1. The fourth-order valence-electron chi connectivity index (χ4n) is 4.25. The molecule has 39 heavy (non-hydrogen) atoms. The minimum atomic E-state index is -2.24. The van der Waals surface area contributed by atoms with Crippen LogP contribution in [0.2, 0.25) is 0 Å². The van der Waals surface area contributed by atoms with Gasteiger partial charge in [-0.2, -0.15) is 0 Å². The molecule has 1 saturated heterocycles. The van der Waals surface area contributed by atoms with Crippen molar-refractivity contribution in [3.63, 3.8) is 0 Å². The van der Waals surface area contributed by atoms with Gasteiger partial charge in [0.05, 0.1) is 18.6 Å². The largest absolute Gasteiger partial charge is 0.458 e. The number of nitrogens with zero attached hydrogens (tertiary/aromatic N) is 12. The maximum Gasteiger partial charge on any atom is 0.303 e. The lowest BCUT2D eigenvalue weighted by Crippen LogP contribution is -2.63. The van der Waals surface area contributed by atoms with Crippen molar-refractivity contribution in [3.8, 4) is 0 Å². The molecule has 20 nitrogen and oxygen atoms in total. The fourth-order valence-corrected chi connectivity index (χ4v) is 4.25. The van der Waals surface area contributed by atoms with Gasteiger partial charge in [-0.3, -0.25) is 14.4 Å². The van der Waals surface area contributed by atoms with Crippen LogP contribution in [0.1, 0.15) is 27.2 Å². The number of halogens is 1. The van der Waals surface area contributed by atoms with Crippen molar-refractivity contribution in [1.29, 1.82) is 0 Å². The number of carbonyl (C=O) groups excluding carboxylic acids is 3.